The fourth-order valence-corrected chi connectivity index (χ4v) is 2.54. The fraction of sp³-hybridized carbons (Fsp3) is 0.214. The van der Waals surface area contributed by atoms with Gasteiger partial charge in [0, 0.05) is 21.9 Å². The lowest BCUT2D eigenvalue weighted by molar-refractivity contribution is 0.0510. The van der Waals surface area contributed by atoms with Gasteiger partial charge in [0.25, 0.3) is 6.08 Å². The van der Waals surface area contributed by atoms with E-state index in [1.165, 1.54) is 18.3 Å². The molecule has 0 aliphatic rings. The third kappa shape index (κ3) is 3.17. The molecule has 0 spiro atoms. The van der Waals surface area contributed by atoms with Crippen molar-refractivity contribution in [1.29, 1.82) is 0 Å². The Balaban J connectivity index is 2.03. The molecule has 2 aromatic rings. The van der Waals surface area contributed by atoms with E-state index in [2.05, 4.69) is 0 Å². The van der Waals surface area contributed by atoms with Crippen molar-refractivity contribution >= 4 is 27.4 Å². The number of benzene rings is 1. The largest absolute Gasteiger partial charge is 0.462 e. The highest BCUT2D eigenvalue weighted by atomic mass is 32.1. The van der Waals surface area contributed by atoms with Crippen molar-refractivity contribution in [2.75, 3.05) is 6.61 Å². The van der Waals surface area contributed by atoms with E-state index >= 15 is 0 Å². The number of thiophene rings is 1. The molecule has 1 aromatic carbocycles. The summed E-state index contributed by atoms with van der Waals surface area (Å²) in [6.07, 6.45) is -1.66. The van der Waals surface area contributed by atoms with Crippen molar-refractivity contribution in [2.24, 2.45) is 0 Å². The number of ether oxygens (including phenoxy) is 1. The van der Waals surface area contributed by atoms with E-state index in [1.807, 2.05) is 24.3 Å². The van der Waals surface area contributed by atoms with Crippen LogP contribution in [0.4, 0.5) is 8.78 Å². The number of fused-ring (bicyclic) bond motifs is 1. The first-order valence-corrected chi connectivity index (χ1v) is 6.61. The van der Waals surface area contributed by atoms with Gasteiger partial charge in [-0.15, -0.1) is 11.3 Å². The van der Waals surface area contributed by atoms with Crippen LogP contribution in [0.5, 0.6) is 0 Å². The summed E-state index contributed by atoms with van der Waals surface area (Å²) in [5.41, 5.74) is 0.436. The van der Waals surface area contributed by atoms with Gasteiger partial charge >= 0.3 is 5.97 Å². The quantitative estimate of drug-likeness (QED) is 0.765. The number of hydrogen-bond acceptors (Lipinski definition) is 3. The lowest BCUT2D eigenvalue weighted by Gasteiger charge is -2.04. The Labute approximate surface area is 113 Å². The van der Waals surface area contributed by atoms with Crippen molar-refractivity contribution in [1.82, 2.24) is 0 Å². The van der Waals surface area contributed by atoms with Crippen LogP contribution in [-0.4, -0.2) is 12.6 Å². The zero-order valence-electron chi connectivity index (χ0n) is 10.3. The Morgan fingerprint density at radius 3 is 2.79 bits per heavy atom. The maximum absolute atomic E-state index is 12.2. The van der Waals surface area contributed by atoms with Crippen molar-refractivity contribution in [3.05, 3.63) is 46.9 Å². The Morgan fingerprint density at radius 2 is 2.05 bits per heavy atom. The monoisotopic (exact) mass is 282 g/mol. The Kier molecular flexibility index (Phi) is 4.27. The summed E-state index contributed by atoms with van der Waals surface area (Å²) >= 11 is 1.46. The van der Waals surface area contributed by atoms with Gasteiger partial charge in [0.05, 0.1) is 12.2 Å². The van der Waals surface area contributed by atoms with Crippen molar-refractivity contribution in [2.45, 2.75) is 13.3 Å². The molecule has 100 valence electrons. The number of carbonyl (C=O) groups excluding carboxylic acids is 1. The highest BCUT2D eigenvalue weighted by Crippen LogP contribution is 2.26. The molecule has 19 heavy (non-hydrogen) atoms. The second-order valence-electron chi connectivity index (χ2n) is 4.07. The lowest BCUT2D eigenvalue weighted by Crippen LogP contribution is -2.06. The number of halogens is 2. The molecule has 0 saturated heterocycles. The summed E-state index contributed by atoms with van der Waals surface area (Å²) in [6, 6.07) is 7.50. The average Bonchev–Trinajstić information content (AvgIpc) is 2.82. The molecule has 0 atom stereocenters. The van der Waals surface area contributed by atoms with Gasteiger partial charge in [-0.25, -0.2) is 4.79 Å². The Morgan fingerprint density at radius 1 is 1.32 bits per heavy atom. The summed E-state index contributed by atoms with van der Waals surface area (Å²) in [6.45, 7) is 1.29. The Hall–Kier alpha value is -1.75. The molecule has 0 bridgehead atoms. The molecule has 0 radical (unpaired) electrons. The number of hydrogen-bond donors (Lipinski definition) is 0. The SMILES string of the molecule is CC(CCOC(=O)c1csc2ccccc12)=C(F)F. The third-order valence-electron chi connectivity index (χ3n) is 2.73. The van der Waals surface area contributed by atoms with Crippen molar-refractivity contribution in [3.8, 4) is 0 Å². The first kappa shape index (κ1) is 13.7. The van der Waals surface area contributed by atoms with Gasteiger partial charge in [0.2, 0.25) is 0 Å². The molecule has 1 heterocycles. The normalized spacial score (nSPS) is 10.5. The molecule has 0 saturated carbocycles. The van der Waals surface area contributed by atoms with E-state index in [0.29, 0.717) is 5.56 Å². The molecule has 0 aliphatic heterocycles. The highest BCUT2D eigenvalue weighted by Gasteiger charge is 2.13. The standard InChI is InChI=1S/C14H12F2O2S/c1-9(13(15)16)6-7-18-14(17)11-8-19-12-5-3-2-4-10(11)12/h2-5,8H,6-7H2,1H3. The summed E-state index contributed by atoms with van der Waals surface area (Å²) in [5, 5.41) is 2.56. The van der Waals surface area contributed by atoms with E-state index < -0.39 is 12.0 Å². The van der Waals surface area contributed by atoms with Crippen LogP contribution in [0.15, 0.2) is 41.3 Å². The molecule has 2 nitrogen and oxygen atoms in total. The summed E-state index contributed by atoms with van der Waals surface area (Å²) < 4.78 is 30.4. The Bertz CT molecular complexity index is 627. The smallest absolute Gasteiger partial charge is 0.339 e. The van der Waals surface area contributed by atoms with Gasteiger partial charge in [-0.2, -0.15) is 8.78 Å². The lowest BCUT2D eigenvalue weighted by atomic mass is 10.2. The van der Waals surface area contributed by atoms with E-state index in [0.717, 1.165) is 10.1 Å². The zero-order chi connectivity index (χ0) is 13.8. The van der Waals surface area contributed by atoms with E-state index in [4.69, 9.17) is 4.74 Å². The minimum absolute atomic E-state index is 0.0355. The maximum Gasteiger partial charge on any atom is 0.339 e. The third-order valence-corrected chi connectivity index (χ3v) is 3.70. The van der Waals surface area contributed by atoms with E-state index in [9.17, 15) is 13.6 Å². The summed E-state index contributed by atoms with van der Waals surface area (Å²) in [4.78, 5) is 11.9. The van der Waals surface area contributed by atoms with Crippen LogP contribution in [0.2, 0.25) is 0 Å². The molecule has 1 aromatic heterocycles. The van der Waals surface area contributed by atoms with Crippen LogP contribution < -0.4 is 0 Å². The van der Waals surface area contributed by atoms with Crippen LogP contribution in [-0.2, 0) is 4.74 Å². The first-order valence-electron chi connectivity index (χ1n) is 5.73. The molecule has 0 N–H and O–H groups in total. The van der Waals surface area contributed by atoms with Gasteiger partial charge in [0.1, 0.15) is 0 Å². The second-order valence-corrected chi connectivity index (χ2v) is 4.98. The molecule has 0 aliphatic carbocycles. The molecule has 5 heteroatoms. The van der Waals surface area contributed by atoms with Crippen molar-refractivity contribution < 1.29 is 18.3 Å². The predicted molar refractivity (Wildman–Crippen MR) is 71.6 cm³/mol. The molecule has 2 rings (SSSR count). The second kappa shape index (κ2) is 5.93. The first-order chi connectivity index (χ1) is 9.09. The molecular formula is C14H12F2O2S. The van der Waals surface area contributed by atoms with Crippen molar-refractivity contribution in [3.63, 3.8) is 0 Å². The van der Waals surface area contributed by atoms with Gasteiger partial charge in [-0.1, -0.05) is 18.2 Å². The minimum atomic E-state index is -1.71. The van der Waals surface area contributed by atoms with Crippen LogP contribution in [0.25, 0.3) is 10.1 Å². The number of esters is 1. The van der Waals surface area contributed by atoms with Gasteiger partial charge in [0.15, 0.2) is 0 Å². The van der Waals surface area contributed by atoms with Crippen LogP contribution in [0.3, 0.4) is 0 Å². The fourth-order valence-electron chi connectivity index (χ4n) is 1.60. The van der Waals surface area contributed by atoms with Gasteiger partial charge < -0.3 is 4.74 Å². The maximum atomic E-state index is 12.2. The number of rotatable bonds is 4. The van der Waals surface area contributed by atoms with E-state index in [-0.39, 0.29) is 18.6 Å². The number of carbonyl (C=O) groups is 1. The van der Waals surface area contributed by atoms with Crippen LogP contribution >= 0.6 is 11.3 Å². The zero-order valence-corrected chi connectivity index (χ0v) is 11.1. The topological polar surface area (TPSA) is 26.3 Å². The summed E-state index contributed by atoms with van der Waals surface area (Å²) in [5.74, 6) is -0.468. The predicted octanol–water partition coefficient (Wildman–Crippen LogP) is 4.62. The van der Waals surface area contributed by atoms with Crippen LogP contribution in [0.1, 0.15) is 23.7 Å². The molecular weight excluding hydrogens is 270 g/mol. The molecule has 0 fully saturated rings. The minimum Gasteiger partial charge on any atom is -0.462 e. The summed E-state index contributed by atoms with van der Waals surface area (Å²) in [7, 11) is 0. The van der Waals surface area contributed by atoms with E-state index in [1.54, 1.807) is 5.38 Å². The highest BCUT2D eigenvalue weighted by molar-refractivity contribution is 7.17. The molecule has 0 unspecified atom stereocenters. The van der Waals surface area contributed by atoms with Crippen LogP contribution in [0, 0.1) is 0 Å². The van der Waals surface area contributed by atoms with Gasteiger partial charge in [-0.3, -0.25) is 0 Å². The van der Waals surface area contributed by atoms with Gasteiger partial charge in [-0.05, 0) is 18.6 Å². The molecule has 0 amide bonds. The average molecular weight is 282 g/mol.